The molecule has 16 heavy (non-hydrogen) atoms. The highest BCUT2D eigenvalue weighted by Gasteiger charge is 2.23. The van der Waals surface area contributed by atoms with Crippen LogP contribution in [0, 0.1) is 0 Å². The number of rotatable bonds is 4. The minimum atomic E-state index is 0.294. The lowest BCUT2D eigenvalue weighted by Gasteiger charge is -2.28. The van der Waals surface area contributed by atoms with Gasteiger partial charge in [-0.1, -0.05) is 27.2 Å². The van der Waals surface area contributed by atoms with Crippen molar-refractivity contribution in [3.8, 4) is 0 Å². The molecule has 2 heteroatoms. The SMILES string of the molecule is CCCC(C)(CC)c1ccn2ccnc2c1. The number of hydrogen-bond donors (Lipinski definition) is 0. The van der Waals surface area contributed by atoms with Crippen molar-refractivity contribution in [1.29, 1.82) is 0 Å². The van der Waals surface area contributed by atoms with Crippen molar-refractivity contribution in [2.45, 2.75) is 45.4 Å². The van der Waals surface area contributed by atoms with Crippen molar-refractivity contribution in [3.63, 3.8) is 0 Å². The molecule has 2 heterocycles. The van der Waals surface area contributed by atoms with Crippen LogP contribution in [0.15, 0.2) is 30.7 Å². The smallest absolute Gasteiger partial charge is 0.136 e. The first-order valence-electron chi connectivity index (χ1n) is 6.13. The molecule has 2 aromatic heterocycles. The monoisotopic (exact) mass is 216 g/mol. The Balaban J connectivity index is 2.44. The lowest BCUT2D eigenvalue weighted by Crippen LogP contribution is -2.20. The summed E-state index contributed by atoms with van der Waals surface area (Å²) in [6.07, 6.45) is 9.59. The van der Waals surface area contributed by atoms with Gasteiger partial charge in [0.15, 0.2) is 0 Å². The fourth-order valence-electron chi connectivity index (χ4n) is 2.36. The summed E-state index contributed by atoms with van der Waals surface area (Å²) in [4.78, 5) is 4.35. The van der Waals surface area contributed by atoms with E-state index < -0.39 is 0 Å². The van der Waals surface area contributed by atoms with Crippen LogP contribution in [0.25, 0.3) is 5.65 Å². The highest BCUT2D eigenvalue weighted by Crippen LogP contribution is 2.32. The molecule has 2 rings (SSSR count). The number of aromatic nitrogens is 2. The summed E-state index contributed by atoms with van der Waals surface area (Å²) >= 11 is 0. The van der Waals surface area contributed by atoms with Crippen LogP contribution in [0.3, 0.4) is 0 Å². The second-order valence-electron chi connectivity index (χ2n) is 4.77. The van der Waals surface area contributed by atoms with E-state index in [9.17, 15) is 0 Å². The third kappa shape index (κ3) is 1.84. The van der Waals surface area contributed by atoms with Gasteiger partial charge in [-0.25, -0.2) is 4.98 Å². The normalized spacial score (nSPS) is 15.2. The number of pyridine rings is 1. The van der Waals surface area contributed by atoms with E-state index in [1.54, 1.807) is 0 Å². The van der Waals surface area contributed by atoms with E-state index in [0.29, 0.717) is 5.41 Å². The molecule has 1 atom stereocenters. The molecule has 0 aromatic carbocycles. The second kappa shape index (κ2) is 4.28. The Hall–Kier alpha value is -1.31. The first-order chi connectivity index (χ1) is 7.69. The lowest BCUT2D eigenvalue weighted by molar-refractivity contribution is 0.413. The van der Waals surface area contributed by atoms with Crippen LogP contribution in [-0.2, 0) is 5.41 Å². The van der Waals surface area contributed by atoms with Gasteiger partial charge in [-0.05, 0) is 36.0 Å². The van der Waals surface area contributed by atoms with Crippen molar-refractivity contribution >= 4 is 5.65 Å². The van der Waals surface area contributed by atoms with Crippen LogP contribution in [0.5, 0.6) is 0 Å². The molecule has 2 aromatic rings. The molecule has 0 aliphatic heterocycles. The summed E-state index contributed by atoms with van der Waals surface area (Å²) in [6, 6.07) is 4.45. The van der Waals surface area contributed by atoms with Gasteiger partial charge in [-0.15, -0.1) is 0 Å². The summed E-state index contributed by atoms with van der Waals surface area (Å²) in [5.41, 5.74) is 2.76. The van der Waals surface area contributed by atoms with Crippen LogP contribution in [0.4, 0.5) is 0 Å². The maximum Gasteiger partial charge on any atom is 0.136 e. The first-order valence-corrected chi connectivity index (χ1v) is 6.13. The zero-order valence-electron chi connectivity index (χ0n) is 10.4. The number of fused-ring (bicyclic) bond motifs is 1. The van der Waals surface area contributed by atoms with Gasteiger partial charge < -0.3 is 4.40 Å². The summed E-state index contributed by atoms with van der Waals surface area (Å²) in [7, 11) is 0. The van der Waals surface area contributed by atoms with Crippen molar-refractivity contribution in [2.75, 3.05) is 0 Å². The van der Waals surface area contributed by atoms with Crippen molar-refractivity contribution in [2.24, 2.45) is 0 Å². The topological polar surface area (TPSA) is 17.3 Å². The predicted octanol–water partition coefficient (Wildman–Crippen LogP) is 3.80. The van der Waals surface area contributed by atoms with Crippen molar-refractivity contribution in [3.05, 3.63) is 36.3 Å². The molecule has 0 bridgehead atoms. The number of imidazole rings is 1. The molecule has 0 aliphatic carbocycles. The Bertz CT molecular complexity index is 472. The summed E-state index contributed by atoms with van der Waals surface area (Å²) in [5.74, 6) is 0. The number of nitrogens with zero attached hydrogens (tertiary/aromatic N) is 2. The van der Waals surface area contributed by atoms with Gasteiger partial charge >= 0.3 is 0 Å². The van der Waals surface area contributed by atoms with Crippen molar-refractivity contribution < 1.29 is 0 Å². The van der Waals surface area contributed by atoms with Crippen LogP contribution in [-0.4, -0.2) is 9.38 Å². The van der Waals surface area contributed by atoms with E-state index in [1.807, 2.05) is 12.4 Å². The van der Waals surface area contributed by atoms with E-state index in [1.165, 1.54) is 24.8 Å². The zero-order valence-corrected chi connectivity index (χ0v) is 10.4. The number of hydrogen-bond acceptors (Lipinski definition) is 1. The molecule has 0 saturated heterocycles. The first kappa shape index (κ1) is 11.2. The standard InChI is InChI=1S/C14H20N2/c1-4-7-14(3,5-2)12-6-9-16-10-8-15-13(16)11-12/h6,8-11H,4-5,7H2,1-3H3. The van der Waals surface area contributed by atoms with Crippen LogP contribution >= 0.6 is 0 Å². The molecular weight excluding hydrogens is 196 g/mol. The largest absolute Gasteiger partial charge is 0.307 e. The fourth-order valence-corrected chi connectivity index (χ4v) is 2.36. The average Bonchev–Trinajstić information content (AvgIpc) is 2.76. The molecule has 0 N–H and O–H groups in total. The van der Waals surface area contributed by atoms with Gasteiger partial charge in [0.1, 0.15) is 5.65 Å². The van der Waals surface area contributed by atoms with E-state index >= 15 is 0 Å². The fraction of sp³-hybridized carbons (Fsp3) is 0.500. The van der Waals surface area contributed by atoms with Gasteiger partial charge in [-0.2, -0.15) is 0 Å². The van der Waals surface area contributed by atoms with Crippen LogP contribution in [0.1, 0.15) is 45.6 Å². The molecule has 0 fully saturated rings. The summed E-state index contributed by atoms with van der Waals surface area (Å²) in [6.45, 7) is 6.87. The third-order valence-corrected chi connectivity index (χ3v) is 3.68. The minimum absolute atomic E-state index is 0.294. The Labute approximate surface area is 97.3 Å². The Kier molecular flexibility index (Phi) is 2.99. The maximum absolute atomic E-state index is 4.35. The molecule has 2 nitrogen and oxygen atoms in total. The molecule has 0 amide bonds. The van der Waals surface area contributed by atoms with Gasteiger partial charge in [0, 0.05) is 18.6 Å². The van der Waals surface area contributed by atoms with Gasteiger partial charge in [0.25, 0.3) is 0 Å². The van der Waals surface area contributed by atoms with Crippen molar-refractivity contribution in [1.82, 2.24) is 9.38 Å². The highest BCUT2D eigenvalue weighted by atomic mass is 15.0. The Morgan fingerprint density at radius 3 is 2.81 bits per heavy atom. The van der Waals surface area contributed by atoms with E-state index in [0.717, 1.165) is 5.65 Å². The van der Waals surface area contributed by atoms with Crippen LogP contribution < -0.4 is 0 Å². The molecule has 1 unspecified atom stereocenters. The van der Waals surface area contributed by atoms with Gasteiger partial charge in [0.05, 0.1) is 0 Å². The quantitative estimate of drug-likeness (QED) is 0.759. The van der Waals surface area contributed by atoms with E-state index in [2.05, 4.69) is 48.5 Å². The molecule has 0 saturated carbocycles. The summed E-state index contributed by atoms with van der Waals surface area (Å²) < 4.78 is 2.06. The third-order valence-electron chi connectivity index (χ3n) is 3.68. The summed E-state index contributed by atoms with van der Waals surface area (Å²) in [5, 5.41) is 0. The molecule has 0 spiro atoms. The highest BCUT2D eigenvalue weighted by molar-refractivity contribution is 5.43. The van der Waals surface area contributed by atoms with E-state index in [-0.39, 0.29) is 0 Å². The van der Waals surface area contributed by atoms with E-state index in [4.69, 9.17) is 0 Å². The van der Waals surface area contributed by atoms with Gasteiger partial charge in [-0.3, -0.25) is 0 Å². The molecule has 0 aliphatic rings. The Morgan fingerprint density at radius 1 is 1.31 bits per heavy atom. The molecule has 86 valence electrons. The van der Waals surface area contributed by atoms with Crippen LogP contribution in [0.2, 0.25) is 0 Å². The lowest BCUT2D eigenvalue weighted by atomic mass is 9.77. The van der Waals surface area contributed by atoms with Gasteiger partial charge in [0.2, 0.25) is 0 Å². The Morgan fingerprint density at radius 2 is 2.12 bits per heavy atom. The molecular formula is C14H20N2. The minimum Gasteiger partial charge on any atom is -0.307 e. The molecule has 0 radical (unpaired) electrons. The maximum atomic E-state index is 4.35. The zero-order chi connectivity index (χ0) is 11.6. The predicted molar refractivity (Wildman–Crippen MR) is 67.7 cm³/mol. The average molecular weight is 216 g/mol. The second-order valence-corrected chi connectivity index (χ2v) is 4.77.